The van der Waals surface area contributed by atoms with E-state index in [1.165, 1.54) is 6.33 Å². The van der Waals surface area contributed by atoms with Crippen LogP contribution in [0.3, 0.4) is 0 Å². The van der Waals surface area contributed by atoms with E-state index in [1.54, 1.807) is 12.4 Å². The van der Waals surface area contributed by atoms with Gasteiger partial charge in [-0.1, -0.05) is 29.4 Å². The van der Waals surface area contributed by atoms with Crippen molar-refractivity contribution in [1.29, 1.82) is 0 Å². The molecule has 2 heterocycles. The van der Waals surface area contributed by atoms with Crippen LogP contribution in [0.4, 0.5) is 5.88 Å². The second kappa shape index (κ2) is 4.53. The zero-order valence-corrected chi connectivity index (χ0v) is 10.4. The second-order valence-corrected chi connectivity index (χ2v) is 4.21. The molecule has 3 aromatic rings. The molecule has 0 aliphatic carbocycles. The molecule has 94 valence electrons. The fourth-order valence-corrected chi connectivity index (χ4v) is 2.03. The van der Waals surface area contributed by atoms with Crippen LogP contribution in [-0.2, 0) is 0 Å². The van der Waals surface area contributed by atoms with E-state index in [2.05, 4.69) is 15.1 Å². The normalized spacial score (nSPS) is 10.6. The summed E-state index contributed by atoms with van der Waals surface area (Å²) in [4.78, 5) is 7.99. The average molecular weight is 252 g/mol. The van der Waals surface area contributed by atoms with Gasteiger partial charge in [-0.25, -0.2) is 9.97 Å². The summed E-state index contributed by atoms with van der Waals surface area (Å²) in [7, 11) is 0. The lowest BCUT2D eigenvalue weighted by molar-refractivity contribution is 0.439. The van der Waals surface area contributed by atoms with Gasteiger partial charge >= 0.3 is 0 Å². The fourth-order valence-electron chi connectivity index (χ4n) is 2.03. The Morgan fingerprint density at radius 2 is 1.84 bits per heavy atom. The molecule has 0 bridgehead atoms. The molecule has 1 aromatic carbocycles. The number of anilines is 1. The van der Waals surface area contributed by atoms with Crippen molar-refractivity contribution in [1.82, 2.24) is 15.1 Å². The van der Waals surface area contributed by atoms with Crippen LogP contribution in [0.2, 0.25) is 0 Å². The molecule has 0 atom stereocenters. The first-order chi connectivity index (χ1) is 9.27. The standard InChI is InChI=1S/C14H12N4O/c1-9-4-2-3-5-11(9)12-13(18-19-14(12)15)10-6-16-8-17-7-10/h2-8H,15H2,1H3. The van der Waals surface area contributed by atoms with Crippen LogP contribution in [0.25, 0.3) is 22.4 Å². The number of nitrogens with two attached hydrogens (primary N) is 1. The summed E-state index contributed by atoms with van der Waals surface area (Å²) in [5, 5.41) is 4.02. The van der Waals surface area contributed by atoms with E-state index >= 15 is 0 Å². The van der Waals surface area contributed by atoms with Crippen LogP contribution in [0.15, 0.2) is 47.5 Å². The van der Waals surface area contributed by atoms with Crippen LogP contribution in [0.5, 0.6) is 0 Å². The first kappa shape index (κ1) is 11.4. The van der Waals surface area contributed by atoms with E-state index in [0.29, 0.717) is 11.6 Å². The van der Waals surface area contributed by atoms with Crippen molar-refractivity contribution in [2.75, 3.05) is 5.73 Å². The molecule has 5 nitrogen and oxygen atoms in total. The van der Waals surface area contributed by atoms with Crippen molar-refractivity contribution in [3.8, 4) is 22.4 Å². The molecule has 19 heavy (non-hydrogen) atoms. The highest BCUT2D eigenvalue weighted by atomic mass is 16.5. The highest BCUT2D eigenvalue weighted by Crippen LogP contribution is 2.36. The minimum absolute atomic E-state index is 0.299. The molecule has 2 aromatic heterocycles. The maximum Gasteiger partial charge on any atom is 0.230 e. The Hall–Kier alpha value is -2.69. The van der Waals surface area contributed by atoms with Gasteiger partial charge < -0.3 is 10.3 Å². The third-order valence-electron chi connectivity index (χ3n) is 2.97. The van der Waals surface area contributed by atoms with Gasteiger partial charge in [-0.05, 0) is 18.1 Å². The van der Waals surface area contributed by atoms with Gasteiger partial charge in [0.2, 0.25) is 5.88 Å². The topological polar surface area (TPSA) is 77.8 Å². The van der Waals surface area contributed by atoms with Crippen molar-refractivity contribution in [2.45, 2.75) is 6.92 Å². The molecule has 0 fully saturated rings. The van der Waals surface area contributed by atoms with Crippen LogP contribution >= 0.6 is 0 Å². The largest absolute Gasteiger partial charge is 0.367 e. The van der Waals surface area contributed by atoms with E-state index in [4.69, 9.17) is 10.3 Å². The molecule has 0 unspecified atom stereocenters. The highest BCUT2D eigenvalue weighted by molar-refractivity contribution is 5.87. The maximum atomic E-state index is 5.91. The summed E-state index contributed by atoms with van der Waals surface area (Å²) in [5.41, 5.74) is 10.2. The van der Waals surface area contributed by atoms with E-state index < -0.39 is 0 Å². The van der Waals surface area contributed by atoms with Crippen molar-refractivity contribution in [3.63, 3.8) is 0 Å². The van der Waals surface area contributed by atoms with Gasteiger partial charge in [0.1, 0.15) is 12.0 Å². The SMILES string of the molecule is Cc1ccccc1-c1c(-c2cncnc2)noc1N. The zero-order chi connectivity index (χ0) is 13.2. The summed E-state index contributed by atoms with van der Waals surface area (Å²) in [6, 6.07) is 7.95. The molecular weight excluding hydrogens is 240 g/mol. The smallest absolute Gasteiger partial charge is 0.230 e. The quantitative estimate of drug-likeness (QED) is 0.758. The predicted molar refractivity (Wildman–Crippen MR) is 72.1 cm³/mol. The molecule has 0 saturated carbocycles. The Labute approximate surface area is 110 Å². The van der Waals surface area contributed by atoms with Crippen molar-refractivity contribution < 1.29 is 4.52 Å². The number of hydrogen-bond donors (Lipinski definition) is 1. The molecule has 0 spiro atoms. The number of benzene rings is 1. The molecule has 0 saturated heterocycles. The molecule has 0 amide bonds. The van der Waals surface area contributed by atoms with Gasteiger partial charge in [0.05, 0.1) is 5.56 Å². The molecule has 0 radical (unpaired) electrons. The van der Waals surface area contributed by atoms with Crippen LogP contribution < -0.4 is 5.73 Å². The predicted octanol–water partition coefficient (Wildman–Crippen LogP) is 2.69. The Kier molecular flexibility index (Phi) is 2.72. The Balaban J connectivity index is 2.23. The van der Waals surface area contributed by atoms with Crippen LogP contribution in [0.1, 0.15) is 5.56 Å². The average Bonchev–Trinajstić information content (AvgIpc) is 2.82. The molecule has 0 aliphatic rings. The summed E-state index contributed by atoms with van der Waals surface area (Å²) in [6.45, 7) is 2.02. The molecular formula is C14H12N4O. The summed E-state index contributed by atoms with van der Waals surface area (Å²) >= 11 is 0. The summed E-state index contributed by atoms with van der Waals surface area (Å²) in [6.07, 6.45) is 4.85. The lowest BCUT2D eigenvalue weighted by Gasteiger charge is -2.05. The van der Waals surface area contributed by atoms with Gasteiger partial charge in [0.25, 0.3) is 0 Å². The number of rotatable bonds is 2. The van der Waals surface area contributed by atoms with Crippen LogP contribution in [0, 0.1) is 6.92 Å². The number of nitrogens with zero attached hydrogens (tertiary/aromatic N) is 3. The Morgan fingerprint density at radius 1 is 1.11 bits per heavy atom. The van der Waals surface area contributed by atoms with E-state index in [1.807, 2.05) is 31.2 Å². The minimum Gasteiger partial charge on any atom is -0.367 e. The highest BCUT2D eigenvalue weighted by Gasteiger charge is 2.18. The van der Waals surface area contributed by atoms with Crippen molar-refractivity contribution in [2.24, 2.45) is 0 Å². The lowest BCUT2D eigenvalue weighted by atomic mass is 9.98. The minimum atomic E-state index is 0.299. The summed E-state index contributed by atoms with van der Waals surface area (Å²) < 4.78 is 5.13. The first-order valence-electron chi connectivity index (χ1n) is 5.84. The van der Waals surface area contributed by atoms with Gasteiger partial charge in [0.15, 0.2) is 0 Å². The lowest BCUT2D eigenvalue weighted by Crippen LogP contribution is -1.90. The maximum absolute atomic E-state index is 5.91. The van der Waals surface area contributed by atoms with Gasteiger partial charge in [0, 0.05) is 18.0 Å². The number of hydrogen-bond acceptors (Lipinski definition) is 5. The Morgan fingerprint density at radius 3 is 2.58 bits per heavy atom. The molecule has 0 aliphatic heterocycles. The first-order valence-corrected chi connectivity index (χ1v) is 5.84. The van der Waals surface area contributed by atoms with Crippen molar-refractivity contribution >= 4 is 5.88 Å². The third-order valence-corrected chi connectivity index (χ3v) is 2.97. The van der Waals surface area contributed by atoms with E-state index in [9.17, 15) is 0 Å². The monoisotopic (exact) mass is 252 g/mol. The molecule has 5 heteroatoms. The molecule has 2 N–H and O–H groups in total. The van der Waals surface area contributed by atoms with Gasteiger partial charge in [-0.15, -0.1) is 0 Å². The number of aryl methyl sites for hydroxylation is 1. The van der Waals surface area contributed by atoms with Gasteiger partial charge in [-0.2, -0.15) is 0 Å². The summed E-state index contributed by atoms with van der Waals surface area (Å²) in [5.74, 6) is 0.299. The van der Waals surface area contributed by atoms with Crippen LogP contribution in [-0.4, -0.2) is 15.1 Å². The van der Waals surface area contributed by atoms with E-state index in [-0.39, 0.29) is 0 Å². The molecule has 3 rings (SSSR count). The second-order valence-electron chi connectivity index (χ2n) is 4.21. The zero-order valence-electron chi connectivity index (χ0n) is 10.4. The van der Waals surface area contributed by atoms with Crippen molar-refractivity contribution in [3.05, 3.63) is 48.5 Å². The number of aromatic nitrogens is 3. The number of nitrogen functional groups attached to an aromatic ring is 1. The third kappa shape index (κ3) is 1.95. The Bertz CT molecular complexity index is 706. The fraction of sp³-hybridized carbons (Fsp3) is 0.0714. The van der Waals surface area contributed by atoms with E-state index in [0.717, 1.165) is 22.3 Å². The van der Waals surface area contributed by atoms with Gasteiger partial charge in [-0.3, -0.25) is 0 Å².